The lowest BCUT2D eigenvalue weighted by Crippen LogP contribution is -2.13. The van der Waals surface area contributed by atoms with Gasteiger partial charge in [0, 0.05) is 5.57 Å². The summed E-state index contributed by atoms with van der Waals surface area (Å²) in [6.07, 6.45) is 2.47. The van der Waals surface area contributed by atoms with Crippen molar-refractivity contribution < 1.29 is 19.8 Å². The molecule has 0 radical (unpaired) electrons. The summed E-state index contributed by atoms with van der Waals surface area (Å²) in [5, 5.41) is 20.8. The van der Waals surface area contributed by atoms with Crippen molar-refractivity contribution in [2.24, 2.45) is 0 Å². The third kappa shape index (κ3) is 3.35. The van der Waals surface area contributed by atoms with E-state index in [1.807, 2.05) is 6.92 Å². The molecule has 0 aliphatic carbocycles. The van der Waals surface area contributed by atoms with E-state index in [0.29, 0.717) is 5.57 Å². The molecule has 1 aromatic rings. The molecule has 0 saturated carbocycles. The number of hydrogen-bond donors (Lipinski definition) is 3. The molecular formula is C13H15NO4. The van der Waals surface area contributed by atoms with Crippen LogP contribution in [0, 0.1) is 0 Å². The lowest BCUT2D eigenvalue weighted by molar-refractivity contribution is -0.112. The minimum atomic E-state index is -1.12. The van der Waals surface area contributed by atoms with Gasteiger partial charge in [0.15, 0.2) is 0 Å². The quantitative estimate of drug-likeness (QED) is 0.564. The van der Waals surface area contributed by atoms with Crippen LogP contribution in [0.3, 0.4) is 0 Å². The van der Waals surface area contributed by atoms with E-state index in [1.54, 1.807) is 13.0 Å². The Morgan fingerprint density at radius 2 is 2.06 bits per heavy atom. The fourth-order valence-electron chi connectivity index (χ4n) is 1.39. The number of amides is 1. The monoisotopic (exact) mass is 249 g/mol. The number of aromatic carboxylic acids is 1. The molecule has 0 aliphatic heterocycles. The van der Waals surface area contributed by atoms with E-state index in [-0.39, 0.29) is 22.9 Å². The SMILES string of the molecule is CC/C=C(/C)C(=O)Nc1cc(C(=O)O)ccc1O. The van der Waals surface area contributed by atoms with Gasteiger partial charge in [0.2, 0.25) is 0 Å². The first-order chi connectivity index (χ1) is 8.45. The van der Waals surface area contributed by atoms with Crippen LogP contribution < -0.4 is 5.32 Å². The summed E-state index contributed by atoms with van der Waals surface area (Å²) in [5.74, 6) is -1.65. The van der Waals surface area contributed by atoms with Crippen LogP contribution in [0.1, 0.15) is 30.6 Å². The number of benzene rings is 1. The Labute approximate surface area is 105 Å². The molecule has 1 amide bonds. The van der Waals surface area contributed by atoms with Crippen LogP contribution in [0.2, 0.25) is 0 Å². The number of phenolic OH excluding ortho intramolecular Hbond substituents is 1. The molecule has 0 unspecified atom stereocenters. The van der Waals surface area contributed by atoms with Crippen LogP contribution in [0.5, 0.6) is 5.75 Å². The molecule has 5 heteroatoms. The molecule has 0 saturated heterocycles. The molecule has 96 valence electrons. The van der Waals surface area contributed by atoms with Gasteiger partial charge in [-0.2, -0.15) is 0 Å². The summed E-state index contributed by atoms with van der Waals surface area (Å²) in [7, 11) is 0. The van der Waals surface area contributed by atoms with Gasteiger partial charge in [-0.1, -0.05) is 13.0 Å². The third-order valence-corrected chi connectivity index (χ3v) is 2.36. The third-order valence-electron chi connectivity index (χ3n) is 2.36. The second kappa shape index (κ2) is 5.86. The maximum atomic E-state index is 11.7. The topological polar surface area (TPSA) is 86.6 Å². The molecule has 0 spiro atoms. The number of carboxylic acid groups (broad SMARTS) is 1. The minimum Gasteiger partial charge on any atom is -0.506 e. The first-order valence-electron chi connectivity index (χ1n) is 5.50. The van der Waals surface area contributed by atoms with Gasteiger partial charge in [0.1, 0.15) is 5.75 Å². The van der Waals surface area contributed by atoms with Crippen molar-refractivity contribution in [1.29, 1.82) is 0 Å². The highest BCUT2D eigenvalue weighted by atomic mass is 16.4. The Morgan fingerprint density at radius 3 is 2.61 bits per heavy atom. The van der Waals surface area contributed by atoms with Crippen molar-refractivity contribution in [2.45, 2.75) is 20.3 Å². The van der Waals surface area contributed by atoms with Crippen molar-refractivity contribution in [1.82, 2.24) is 0 Å². The number of carboxylic acids is 1. The Morgan fingerprint density at radius 1 is 1.39 bits per heavy atom. The molecule has 18 heavy (non-hydrogen) atoms. The van der Waals surface area contributed by atoms with Crippen LogP contribution in [0.25, 0.3) is 0 Å². The number of aromatic hydroxyl groups is 1. The fraction of sp³-hybridized carbons (Fsp3) is 0.231. The molecule has 3 N–H and O–H groups in total. The highest BCUT2D eigenvalue weighted by Gasteiger charge is 2.11. The Hall–Kier alpha value is -2.30. The van der Waals surface area contributed by atoms with E-state index >= 15 is 0 Å². The summed E-state index contributed by atoms with van der Waals surface area (Å²) in [6.45, 7) is 3.55. The van der Waals surface area contributed by atoms with Gasteiger partial charge >= 0.3 is 5.97 Å². The highest BCUT2D eigenvalue weighted by Crippen LogP contribution is 2.24. The number of carbonyl (C=O) groups is 2. The summed E-state index contributed by atoms with van der Waals surface area (Å²) in [5.41, 5.74) is 0.599. The van der Waals surface area contributed by atoms with E-state index in [4.69, 9.17) is 5.11 Å². The molecule has 5 nitrogen and oxygen atoms in total. The first kappa shape index (κ1) is 13.8. The second-order valence-corrected chi connectivity index (χ2v) is 3.79. The molecule has 0 aliphatic rings. The van der Waals surface area contributed by atoms with Crippen LogP contribution in [0.4, 0.5) is 5.69 Å². The molecule has 1 rings (SSSR count). The van der Waals surface area contributed by atoms with Crippen molar-refractivity contribution in [3.8, 4) is 5.75 Å². The molecule has 0 heterocycles. The predicted molar refractivity (Wildman–Crippen MR) is 67.7 cm³/mol. The number of nitrogens with one attached hydrogen (secondary N) is 1. The average Bonchev–Trinajstić information content (AvgIpc) is 2.31. The van der Waals surface area contributed by atoms with Crippen LogP contribution >= 0.6 is 0 Å². The van der Waals surface area contributed by atoms with Crippen molar-refractivity contribution in [3.05, 3.63) is 35.4 Å². The normalized spacial score (nSPS) is 11.1. The van der Waals surface area contributed by atoms with Gasteiger partial charge in [0.05, 0.1) is 11.3 Å². The second-order valence-electron chi connectivity index (χ2n) is 3.79. The van der Waals surface area contributed by atoms with E-state index in [2.05, 4.69) is 5.32 Å². The Balaban J connectivity index is 2.97. The largest absolute Gasteiger partial charge is 0.506 e. The van der Waals surface area contributed by atoms with E-state index in [0.717, 1.165) is 6.42 Å². The standard InChI is InChI=1S/C13H15NO4/c1-3-4-8(2)12(16)14-10-7-9(13(17)18)5-6-11(10)15/h4-7,15H,3H2,1-2H3,(H,14,16)(H,17,18)/b8-4-. The van der Waals surface area contributed by atoms with Crippen molar-refractivity contribution in [2.75, 3.05) is 5.32 Å². The zero-order valence-electron chi connectivity index (χ0n) is 10.2. The zero-order chi connectivity index (χ0) is 13.7. The van der Waals surface area contributed by atoms with Gasteiger partial charge in [-0.15, -0.1) is 0 Å². The van der Waals surface area contributed by atoms with Gasteiger partial charge < -0.3 is 15.5 Å². The lowest BCUT2D eigenvalue weighted by Gasteiger charge is -2.08. The molecule has 1 aromatic carbocycles. The van der Waals surface area contributed by atoms with Crippen LogP contribution in [-0.4, -0.2) is 22.1 Å². The van der Waals surface area contributed by atoms with Gasteiger partial charge in [0.25, 0.3) is 5.91 Å². The number of carbonyl (C=O) groups excluding carboxylic acids is 1. The van der Waals surface area contributed by atoms with E-state index < -0.39 is 5.97 Å². The number of allylic oxidation sites excluding steroid dienone is 1. The zero-order valence-corrected chi connectivity index (χ0v) is 10.2. The van der Waals surface area contributed by atoms with E-state index in [1.165, 1.54) is 18.2 Å². The predicted octanol–water partition coefficient (Wildman–Crippen LogP) is 2.39. The number of phenols is 1. The van der Waals surface area contributed by atoms with Crippen LogP contribution in [-0.2, 0) is 4.79 Å². The summed E-state index contributed by atoms with van der Waals surface area (Å²) in [4.78, 5) is 22.5. The summed E-state index contributed by atoms with van der Waals surface area (Å²) in [6, 6.07) is 3.72. The van der Waals surface area contributed by atoms with Crippen molar-refractivity contribution in [3.63, 3.8) is 0 Å². The summed E-state index contributed by atoms with van der Waals surface area (Å²) < 4.78 is 0. The first-order valence-corrected chi connectivity index (χ1v) is 5.50. The average molecular weight is 249 g/mol. The maximum Gasteiger partial charge on any atom is 0.335 e. The van der Waals surface area contributed by atoms with Gasteiger partial charge in [-0.05, 0) is 31.5 Å². The lowest BCUT2D eigenvalue weighted by atomic mass is 10.1. The fourth-order valence-corrected chi connectivity index (χ4v) is 1.39. The van der Waals surface area contributed by atoms with Gasteiger partial charge in [-0.25, -0.2) is 4.79 Å². The number of anilines is 1. The molecular weight excluding hydrogens is 234 g/mol. The van der Waals surface area contributed by atoms with Crippen molar-refractivity contribution >= 4 is 17.6 Å². The number of hydrogen-bond acceptors (Lipinski definition) is 3. The van der Waals surface area contributed by atoms with Gasteiger partial charge in [-0.3, -0.25) is 4.79 Å². The highest BCUT2D eigenvalue weighted by molar-refractivity contribution is 6.04. The van der Waals surface area contributed by atoms with E-state index in [9.17, 15) is 14.7 Å². The summed E-state index contributed by atoms with van der Waals surface area (Å²) >= 11 is 0. The molecule has 0 aromatic heterocycles. The Bertz CT molecular complexity index is 506. The maximum absolute atomic E-state index is 11.7. The van der Waals surface area contributed by atoms with Crippen LogP contribution in [0.15, 0.2) is 29.8 Å². The number of rotatable bonds is 4. The smallest absolute Gasteiger partial charge is 0.335 e. The molecule has 0 bridgehead atoms. The minimum absolute atomic E-state index is 0.000208. The Kier molecular flexibility index (Phi) is 4.48. The molecule has 0 atom stereocenters. The molecule has 0 fully saturated rings.